The Morgan fingerprint density at radius 2 is 0.672 bits per heavy atom. The molecule has 0 spiro atoms. The Bertz CT molecular complexity index is 733. The van der Waals surface area contributed by atoms with E-state index in [1.807, 2.05) is 0 Å². The van der Waals surface area contributed by atoms with Gasteiger partial charge in [-0.15, -0.1) is 0 Å². The van der Waals surface area contributed by atoms with E-state index in [0.29, 0.717) is 12.8 Å². The third-order valence-corrected chi connectivity index (χ3v) is 10.4. The van der Waals surface area contributed by atoms with E-state index in [1.54, 1.807) is 0 Å². The maximum Gasteiger partial charge on any atom is 0.305 e. The molecule has 0 saturated heterocycles. The first-order valence-corrected chi connectivity index (χ1v) is 24.6. The van der Waals surface area contributed by atoms with E-state index >= 15 is 0 Å². The fourth-order valence-electron chi connectivity index (χ4n) is 6.88. The molecule has 0 aromatic rings. The zero-order valence-electron chi connectivity index (χ0n) is 38.9. The van der Waals surface area contributed by atoms with Crippen molar-refractivity contribution in [2.24, 2.45) is 0 Å². The maximum absolute atomic E-state index is 11.9. The second-order valence-corrected chi connectivity index (χ2v) is 16.0. The molecule has 0 aliphatic rings. The molecule has 2 N–H and O–H groups in total. The van der Waals surface area contributed by atoms with E-state index in [4.69, 9.17) is 14.6 Å². The summed E-state index contributed by atoms with van der Waals surface area (Å²) >= 11 is 0. The van der Waals surface area contributed by atoms with Crippen LogP contribution in [0, 0.1) is 20.8 Å². The number of unbranched alkanes of at least 4 members (excludes halogenated alkanes) is 30. The molecule has 58 heavy (non-hydrogen) atoms. The Balaban J connectivity index is -0.000000766. The summed E-state index contributed by atoms with van der Waals surface area (Å²) in [6.07, 6.45) is 44.1. The van der Waals surface area contributed by atoms with Gasteiger partial charge in [-0.3, -0.25) is 9.59 Å². The molecule has 0 heterocycles. The number of esters is 2. The zero-order chi connectivity index (χ0) is 42.6. The number of carbonyl (C=O) groups excluding carboxylic acids is 2. The average molecular weight is 995 g/mol. The van der Waals surface area contributed by atoms with Crippen molar-refractivity contribution in [1.82, 2.24) is 4.90 Å². The van der Waals surface area contributed by atoms with Gasteiger partial charge < -0.3 is 45.4 Å². The van der Waals surface area contributed by atoms with E-state index < -0.39 is 0 Å². The Morgan fingerprint density at radius 1 is 0.414 bits per heavy atom. The van der Waals surface area contributed by atoms with Gasteiger partial charge in [0.25, 0.3) is 0 Å². The first-order chi connectivity index (χ1) is 28.0. The number of hydrogen-bond acceptors (Lipinski definition) is 7. The summed E-state index contributed by atoms with van der Waals surface area (Å²) in [5.74, 6) is -0.390. The zero-order valence-corrected chi connectivity index (χ0v) is 41.8. The molecular formula is C50H100NO6W-3. The van der Waals surface area contributed by atoms with Crippen molar-refractivity contribution in [3.63, 3.8) is 0 Å². The minimum Gasteiger partial charge on any atom is -0.462 e. The fraction of sp³-hybridized carbons (Fsp3) is 0.900. The molecule has 0 radical (unpaired) electrons. The van der Waals surface area contributed by atoms with Gasteiger partial charge in [-0.05, 0) is 38.8 Å². The minimum absolute atomic E-state index is 0. The molecule has 0 unspecified atom stereocenters. The van der Waals surface area contributed by atoms with Crippen LogP contribution in [-0.4, -0.2) is 73.1 Å². The first-order valence-electron chi connectivity index (χ1n) is 24.6. The molecule has 0 amide bonds. The van der Waals surface area contributed by atoms with Crippen molar-refractivity contribution in [2.75, 3.05) is 46.1 Å². The molecule has 0 aromatic carbocycles. The van der Waals surface area contributed by atoms with Crippen molar-refractivity contribution in [1.29, 1.82) is 0 Å². The van der Waals surface area contributed by atoms with Gasteiger partial charge in [-0.2, -0.15) is 12.8 Å². The summed E-state index contributed by atoms with van der Waals surface area (Å²) in [4.78, 5) is 26.1. The number of hydrogen-bond donors (Lipinski definition) is 2. The minimum atomic E-state index is -0.195. The van der Waals surface area contributed by atoms with Crippen LogP contribution in [0.25, 0.3) is 0 Å². The van der Waals surface area contributed by atoms with Crippen LogP contribution >= 0.6 is 0 Å². The van der Waals surface area contributed by atoms with E-state index in [0.717, 1.165) is 71.0 Å². The van der Waals surface area contributed by atoms with Gasteiger partial charge in [-0.25, -0.2) is 0 Å². The van der Waals surface area contributed by atoms with Crippen LogP contribution in [0.2, 0.25) is 0 Å². The topological polar surface area (TPSA) is 96.3 Å². The van der Waals surface area contributed by atoms with Crippen LogP contribution in [0.1, 0.15) is 245 Å². The molecule has 0 atom stereocenters. The predicted molar refractivity (Wildman–Crippen MR) is 246 cm³/mol. The molecule has 0 saturated carbocycles. The molecule has 0 aromatic heterocycles. The summed E-state index contributed by atoms with van der Waals surface area (Å²) in [5.41, 5.74) is 0. The monoisotopic (exact) mass is 995 g/mol. The largest absolute Gasteiger partial charge is 0.462 e. The van der Waals surface area contributed by atoms with Crippen LogP contribution in [0.15, 0.2) is 0 Å². The number of nitrogens with zero attached hydrogens (tertiary/aromatic N) is 1. The van der Waals surface area contributed by atoms with Gasteiger partial charge in [0.1, 0.15) is 13.2 Å². The number of ether oxygens (including phenoxy) is 2. The third-order valence-electron chi connectivity index (χ3n) is 10.4. The number of carbonyl (C=O) groups is 2. The Hall–Kier alpha value is -0.492. The average Bonchev–Trinajstić information content (AvgIpc) is 3.20. The van der Waals surface area contributed by atoms with Crippen molar-refractivity contribution in [3.05, 3.63) is 20.8 Å². The van der Waals surface area contributed by atoms with Crippen LogP contribution in [0.4, 0.5) is 0 Å². The van der Waals surface area contributed by atoms with E-state index in [9.17, 15) is 14.7 Å². The van der Waals surface area contributed by atoms with Crippen molar-refractivity contribution >= 4 is 11.9 Å². The molecule has 0 fully saturated rings. The smallest absolute Gasteiger partial charge is 0.305 e. The molecule has 0 aliphatic heterocycles. The van der Waals surface area contributed by atoms with Crippen LogP contribution in [0.5, 0.6) is 0 Å². The second-order valence-electron chi connectivity index (χ2n) is 16.0. The number of aliphatic hydroxyl groups excluding tert-OH is 2. The molecule has 7 nitrogen and oxygen atoms in total. The predicted octanol–water partition coefficient (Wildman–Crippen LogP) is 13.9. The molecule has 0 aliphatic carbocycles. The normalized spacial score (nSPS) is 10.7. The van der Waals surface area contributed by atoms with Crippen molar-refractivity contribution in [3.8, 4) is 0 Å². The molecule has 8 heteroatoms. The van der Waals surface area contributed by atoms with Gasteiger partial charge in [0.15, 0.2) is 0 Å². The summed E-state index contributed by atoms with van der Waals surface area (Å²) in [6.45, 7) is 18.9. The quantitative estimate of drug-likeness (QED) is 0.0357. The molecular weight excluding hydrogens is 894 g/mol. The molecule has 0 bridgehead atoms. The Morgan fingerprint density at radius 3 is 0.948 bits per heavy atom. The fourth-order valence-corrected chi connectivity index (χ4v) is 6.88. The van der Waals surface area contributed by atoms with Gasteiger partial charge in [-0.1, -0.05) is 200 Å². The van der Waals surface area contributed by atoms with Crippen molar-refractivity contribution < 1.29 is 50.3 Å². The van der Waals surface area contributed by atoms with E-state index in [-0.39, 0.29) is 59.4 Å². The third kappa shape index (κ3) is 62.2. The van der Waals surface area contributed by atoms with Crippen LogP contribution < -0.4 is 0 Å². The van der Waals surface area contributed by atoms with Gasteiger partial charge in [0.2, 0.25) is 0 Å². The Labute approximate surface area is 377 Å². The van der Waals surface area contributed by atoms with Crippen molar-refractivity contribution in [2.45, 2.75) is 245 Å². The Kier molecular flexibility index (Phi) is 67.2. The van der Waals surface area contributed by atoms with Gasteiger partial charge in [0.05, 0.1) is 6.61 Å². The summed E-state index contributed by atoms with van der Waals surface area (Å²) < 4.78 is 10.4. The summed E-state index contributed by atoms with van der Waals surface area (Å²) in [6, 6.07) is 0. The summed E-state index contributed by atoms with van der Waals surface area (Å²) in [7, 11) is 0. The molecule has 0 rings (SSSR count). The maximum atomic E-state index is 11.9. The van der Waals surface area contributed by atoms with Gasteiger partial charge >= 0.3 is 11.9 Å². The summed E-state index contributed by atoms with van der Waals surface area (Å²) in [5, 5.41) is 16.9. The SMILES string of the molecule is [CH2-]CCCCCCCCC(=O)OCCOC(=O)CCCCCCCCCN(CCO)CCCCCCCCCCCC.[CH2-]CCCCCCCCCCC.[CH2-]CO.[W]. The van der Waals surface area contributed by atoms with Crippen LogP contribution in [0.3, 0.4) is 0 Å². The number of aliphatic hydroxyl groups is 2. The first kappa shape index (κ1) is 64.1. The number of rotatable bonds is 43. The molecule has 350 valence electrons. The second kappa shape index (κ2) is 60.8. The van der Waals surface area contributed by atoms with E-state index in [1.165, 1.54) is 167 Å². The van der Waals surface area contributed by atoms with Crippen LogP contribution in [-0.2, 0) is 40.1 Å². The van der Waals surface area contributed by atoms with Gasteiger partial charge in [0, 0.05) is 40.5 Å². The standard InChI is InChI=1S/C36H70NO5.C12H25.C2H5O.W/c1-3-5-7-9-11-12-13-17-21-25-29-37(31-32-38)30-26-22-18-14-16-20-24-28-36(40)42-34-33-41-35(39)27-23-19-15-10-8-6-4-2;1-3-5-7-9-11-12-10-8-6-4-2;1-2-3;/h38H,2-34H2,1H3;1,3-12H2,2H3;3H,1-2H2;/q3*-1;. The van der Waals surface area contributed by atoms with E-state index in [2.05, 4.69) is 39.5 Å².